The van der Waals surface area contributed by atoms with Gasteiger partial charge in [-0.3, -0.25) is 4.98 Å². The van der Waals surface area contributed by atoms with Gasteiger partial charge in [0.25, 0.3) is 0 Å². The maximum Gasteiger partial charge on any atom is 0.170 e. The van der Waals surface area contributed by atoms with E-state index in [0.717, 1.165) is 53.9 Å². The van der Waals surface area contributed by atoms with Gasteiger partial charge in [0.15, 0.2) is 5.11 Å². The van der Waals surface area contributed by atoms with E-state index >= 15 is 0 Å². The topological polar surface area (TPSA) is 42.3 Å². The number of aromatic nitrogens is 2. The fourth-order valence-electron chi connectivity index (χ4n) is 5.02. The van der Waals surface area contributed by atoms with Crippen LogP contribution in [-0.2, 0) is 4.74 Å². The summed E-state index contributed by atoms with van der Waals surface area (Å²) in [5, 5.41) is 4.26. The molecule has 1 N–H and O–H groups in total. The van der Waals surface area contributed by atoms with Gasteiger partial charge in [0, 0.05) is 36.4 Å². The molecule has 5 rings (SSSR count). The van der Waals surface area contributed by atoms with Gasteiger partial charge in [0.1, 0.15) is 5.82 Å². The van der Waals surface area contributed by atoms with Crippen LogP contribution < -0.4 is 5.32 Å². The van der Waals surface area contributed by atoms with E-state index in [4.69, 9.17) is 17.0 Å². The van der Waals surface area contributed by atoms with Gasteiger partial charge in [-0.2, -0.15) is 0 Å². The van der Waals surface area contributed by atoms with E-state index in [2.05, 4.69) is 39.7 Å². The SMILES string of the molecule is Cc1cc([C@H]2[C@H](c3ccccn3)NC(=S)N2C[C@@H]2CCCO2)c(C)n1-c1ccc(F)cc1. The molecular weight excluding hydrogens is 423 g/mol. The zero-order chi connectivity index (χ0) is 22.2. The number of nitrogens with zero attached hydrogens (tertiary/aromatic N) is 3. The first-order valence-electron chi connectivity index (χ1n) is 11.1. The largest absolute Gasteiger partial charge is 0.376 e. The number of pyridine rings is 1. The molecule has 32 heavy (non-hydrogen) atoms. The number of rotatable bonds is 5. The predicted octanol–water partition coefficient (Wildman–Crippen LogP) is 4.78. The molecule has 1 aromatic carbocycles. The van der Waals surface area contributed by atoms with Crippen LogP contribution >= 0.6 is 12.2 Å². The molecule has 2 saturated heterocycles. The van der Waals surface area contributed by atoms with Crippen molar-refractivity contribution in [3.8, 4) is 5.69 Å². The zero-order valence-corrected chi connectivity index (χ0v) is 19.1. The lowest BCUT2D eigenvalue weighted by Gasteiger charge is -2.30. The fraction of sp³-hybridized carbons (Fsp3) is 0.360. The molecule has 4 heterocycles. The minimum atomic E-state index is -0.236. The van der Waals surface area contributed by atoms with Crippen molar-refractivity contribution < 1.29 is 9.13 Å². The average molecular weight is 451 g/mol. The second kappa shape index (κ2) is 8.64. The molecule has 2 fully saturated rings. The average Bonchev–Trinajstić information content (AvgIpc) is 3.49. The monoisotopic (exact) mass is 450 g/mol. The first-order valence-corrected chi connectivity index (χ1v) is 11.5. The Hall–Kier alpha value is -2.77. The normalized spacial score (nSPS) is 23.0. The molecule has 2 aliphatic heterocycles. The van der Waals surface area contributed by atoms with Crippen molar-refractivity contribution >= 4 is 17.3 Å². The van der Waals surface area contributed by atoms with Gasteiger partial charge < -0.3 is 19.5 Å². The molecule has 0 saturated carbocycles. The van der Waals surface area contributed by atoms with Gasteiger partial charge in [-0.15, -0.1) is 0 Å². The fourth-order valence-corrected chi connectivity index (χ4v) is 5.34. The van der Waals surface area contributed by atoms with Crippen molar-refractivity contribution in [2.75, 3.05) is 13.2 Å². The molecule has 0 amide bonds. The quantitative estimate of drug-likeness (QED) is 0.567. The molecule has 3 aromatic rings. The second-order valence-electron chi connectivity index (χ2n) is 8.55. The molecular formula is C25H27FN4OS. The molecule has 0 radical (unpaired) electrons. The van der Waals surface area contributed by atoms with Gasteiger partial charge in [-0.05, 0) is 86.9 Å². The van der Waals surface area contributed by atoms with E-state index in [9.17, 15) is 4.39 Å². The third-order valence-corrected chi connectivity index (χ3v) is 6.85. The Balaban J connectivity index is 1.58. The number of aryl methyl sites for hydroxylation is 1. The minimum Gasteiger partial charge on any atom is -0.376 e. The van der Waals surface area contributed by atoms with Gasteiger partial charge in [0.05, 0.1) is 23.9 Å². The molecule has 7 heteroatoms. The molecule has 0 spiro atoms. The van der Waals surface area contributed by atoms with Crippen molar-refractivity contribution in [1.82, 2.24) is 19.8 Å². The van der Waals surface area contributed by atoms with E-state index in [-0.39, 0.29) is 24.0 Å². The number of ether oxygens (including phenoxy) is 1. The van der Waals surface area contributed by atoms with Crippen LogP contribution in [0.1, 0.15) is 47.6 Å². The molecule has 166 valence electrons. The van der Waals surface area contributed by atoms with Gasteiger partial charge in [-0.1, -0.05) is 6.07 Å². The lowest BCUT2D eigenvalue weighted by molar-refractivity contribution is 0.0842. The first-order chi connectivity index (χ1) is 15.5. The van der Waals surface area contributed by atoms with Gasteiger partial charge in [-0.25, -0.2) is 4.39 Å². The highest BCUT2D eigenvalue weighted by molar-refractivity contribution is 7.80. The summed E-state index contributed by atoms with van der Waals surface area (Å²) in [6, 6.07) is 14.8. The Bertz CT molecular complexity index is 1110. The van der Waals surface area contributed by atoms with Gasteiger partial charge in [0.2, 0.25) is 0 Å². The molecule has 0 aliphatic carbocycles. The number of hydrogen-bond donors (Lipinski definition) is 1. The Morgan fingerprint density at radius 3 is 2.69 bits per heavy atom. The highest BCUT2D eigenvalue weighted by Crippen LogP contribution is 2.41. The standard InChI is InChI=1S/C25H27FN4OS/c1-16-14-21(17(2)30(16)19-10-8-18(26)9-11-19)24-23(22-7-3-4-12-27-22)28-25(32)29(24)15-20-6-5-13-31-20/h3-4,7-12,14,20,23-24H,5-6,13,15H2,1-2H3,(H,28,32)/t20-,23-,24-/m0/s1. The van der Waals surface area contributed by atoms with Crippen LogP contribution in [0.25, 0.3) is 5.69 Å². The molecule has 2 aromatic heterocycles. The predicted molar refractivity (Wildman–Crippen MR) is 126 cm³/mol. The van der Waals surface area contributed by atoms with E-state index in [0.29, 0.717) is 0 Å². The van der Waals surface area contributed by atoms with Crippen LogP contribution in [0.3, 0.4) is 0 Å². The molecule has 2 aliphatic rings. The van der Waals surface area contributed by atoms with Crippen LogP contribution in [0.4, 0.5) is 4.39 Å². The van der Waals surface area contributed by atoms with Crippen LogP contribution in [-0.4, -0.2) is 38.8 Å². The summed E-state index contributed by atoms with van der Waals surface area (Å²) in [7, 11) is 0. The minimum absolute atomic E-state index is 0.0120. The molecule has 5 nitrogen and oxygen atoms in total. The smallest absolute Gasteiger partial charge is 0.170 e. The Morgan fingerprint density at radius 2 is 2.00 bits per heavy atom. The molecule has 3 atom stereocenters. The van der Waals surface area contributed by atoms with Crippen molar-refractivity contribution in [3.63, 3.8) is 0 Å². The third-order valence-electron chi connectivity index (χ3n) is 6.50. The summed E-state index contributed by atoms with van der Waals surface area (Å²) < 4.78 is 21.6. The second-order valence-corrected chi connectivity index (χ2v) is 8.94. The maximum absolute atomic E-state index is 13.5. The number of nitrogens with one attached hydrogen (secondary N) is 1. The van der Waals surface area contributed by atoms with E-state index in [1.54, 1.807) is 0 Å². The highest BCUT2D eigenvalue weighted by atomic mass is 32.1. The van der Waals surface area contributed by atoms with E-state index in [1.807, 2.05) is 36.5 Å². The number of thiocarbonyl (C=S) groups is 1. The van der Waals surface area contributed by atoms with Crippen molar-refractivity contribution in [2.45, 2.75) is 44.9 Å². The molecule has 0 bridgehead atoms. The first kappa shape index (κ1) is 21.1. The Labute approximate surface area is 193 Å². The van der Waals surface area contributed by atoms with E-state index < -0.39 is 0 Å². The zero-order valence-electron chi connectivity index (χ0n) is 18.3. The summed E-state index contributed by atoms with van der Waals surface area (Å²) in [6.45, 7) is 5.76. The van der Waals surface area contributed by atoms with Crippen LogP contribution in [0.15, 0.2) is 54.7 Å². The number of benzene rings is 1. The van der Waals surface area contributed by atoms with Crippen LogP contribution in [0, 0.1) is 19.7 Å². The van der Waals surface area contributed by atoms with Crippen molar-refractivity contribution in [1.29, 1.82) is 0 Å². The number of hydrogen-bond acceptors (Lipinski definition) is 3. The van der Waals surface area contributed by atoms with Crippen LogP contribution in [0.2, 0.25) is 0 Å². The van der Waals surface area contributed by atoms with Crippen LogP contribution in [0.5, 0.6) is 0 Å². The lowest BCUT2D eigenvalue weighted by atomic mass is 9.96. The summed E-state index contributed by atoms with van der Waals surface area (Å²) in [5.74, 6) is -0.236. The Kier molecular flexibility index (Phi) is 5.69. The summed E-state index contributed by atoms with van der Waals surface area (Å²) in [4.78, 5) is 6.90. The van der Waals surface area contributed by atoms with E-state index in [1.165, 1.54) is 17.7 Å². The lowest BCUT2D eigenvalue weighted by Crippen LogP contribution is -2.36. The summed E-state index contributed by atoms with van der Waals surface area (Å²) in [5.41, 5.74) is 5.30. The number of halogens is 1. The molecule has 0 unspecified atom stereocenters. The van der Waals surface area contributed by atoms with Crippen molar-refractivity contribution in [2.24, 2.45) is 0 Å². The summed E-state index contributed by atoms with van der Waals surface area (Å²) in [6.07, 6.45) is 4.14. The third kappa shape index (κ3) is 3.80. The van der Waals surface area contributed by atoms with Gasteiger partial charge >= 0.3 is 0 Å². The summed E-state index contributed by atoms with van der Waals surface area (Å²) >= 11 is 5.80. The highest BCUT2D eigenvalue weighted by Gasteiger charge is 2.42. The maximum atomic E-state index is 13.5. The Morgan fingerprint density at radius 1 is 1.19 bits per heavy atom. The van der Waals surface area contributed by atoms with Crippen molar-refractivity contribution in [3.05, 3.63) is 83.2 Å².